The fourth-order valence-electron chi connectivity index (χ4n) is 6.96. The molecule has 1 aliphatic carbocycles. The zero-order valence-electron chi connectivity index (χ0n) is 25.5. The second-order valence-corrected chi connectivity index (χ2v) is 12.9. The Bertz CT molecular complexity index is 1580. The molecular weight excluding hydrogens is 554 g/mol. The number of ketones is 1. The number of ether oxygens (including phenoxy) is 2. The Labute approximate surface area is 258 Å². The number of carbonyl (C=O) groups excluding carboxylic acids is 3. The highest BCUT2D eigenvalue weighted by atomic mass is 16.7. The molecule has 2 heterocycles. The molecule has 6 rings (SSSR count). The first kappa shape index (κ1) is 29.7. The van der Waals surface area contributed by atoms with Gasteiger partial charge in [-0.05, 0) is 36.6 Å². The molecule has 0 bridgehead atoms. The van der Waals surface area contributed by atoms with Crippen LogP contribution in [-0.4, -0.2) is 47.8 Å². The van der Waals surface area contributed by atoms with E-state index in [9.17, 15) is 19.6 Å². The van der Waals surface area contributed by atoms with Crippen molar-refractivity contribution in [2.45, 2.75) is 64.4 Å². The van der Waals surface area contributed by atoms with Crippen LogP contribution < -0.4 is 4.90 Å². The maximum Gasteiger partial charge on any atom is 0.316 e. The van der Waals surface area contributed by atoms with Crippen LogP contribution in [0.25, 0.3) is 0 Å². The van der Waals surface area contributed by atoms with Crippen LogP contribution >= 0.6 is 0 Å². The largest absolute Gasteiger partial charge is 0.345 e. The molecule has 1 saturated carbocycles. The van der Waals surface area contributed by atoms with Gasteiger partial charge in [-0.1, -0.05) is 93.6 Å². The number of anilines is 1. The van der Waals surface area contributed by atoms with E-state index in [0.717, 1.165) is 11.1 Å². The van der Waals surface area contributed by atoms with Crippen molar-refractivity contribution in [2.24, 2.45) is 10.8 Å². The van der Waals surface area contributed by atoms with Gasteiger partial charge in [0.2, 0.25) is 0 Å². The molecule has 0 N–H and O–H groups in total. The quantitative estimate of drug-likeness (QED) is 0.350. The lowest BCUT2D eigenvalue weighted by Gasteiger charge is -2.50. The lowest BCUT2D eigenvalue weighted by Crippen LogP contribution is -2.67. The molecule has 8 nitrogen and oxygen atoms in total. The number of hydrogen-bond acceptors (Lipinski definition) is 6. The molecule has 3 aromatic carbocycles. The second kappa shape index (κ2) is 11.0. The zero-order valence-corrected chi connectivity index (χ0v) is 25.5. The highest BCUT2D eigenvalue weighted by Gasteiger charge is 2.65. The number of hydrogen-bond donors (Lipinski definition) is 0. The summed E-state index contributed by atoms with van der Waals surface area (Å²) < 4.78 is 12.4. The molecule has 0 radical (unpaired) electrons. The van der Waals surface area contributed by atoms with Crippen molar-refractivity contribution in [2.75, 3.05) is 18.1 Å². The smallest absolute Gasteiger partial charge is 0.316 e. The molecule has 226 valence electrons. The van der Waals surface area contributed by atoms with E-state index < -0.39 is 41.1 Å². The fourth-order valence-corrected chi connectivity index (χ4v) is 6.96. The number of piperazine rings is 1. The summed E-state index contributed by atoms with van der Waals surface area (Å²) in [6.07, 6.45) is 0.168. The van der Waals surface area contributed by atoms with Gasteiger partial charge in [0, 0.05) is 23.1 Å². The molecule has 2 aliphatic heterocycles. The average molecular weight is 592 g/mol. The topological polar surface area (TPSA) is 99.9 Å². The molecule has 0 aromatic heterocycles. The van der Waals surface area contributed by atoms with Crippen LogP contribution in [0.15, 0.2) is 84.9 Å². The monoisotopic (exact) mass is 591 g/mol. The molecule has 0 unspecified atom stereocenters. The lowest BCUT2D eigenvalue weighted by atomic mass is 9.76. The molecule has 8 heteroatoms. The predicted molar refractivity (Wildman–Crippen MR) is 164 cm³/mol. The van der Waals surface area contributed by atoms with E-state index in [1.54, 1.807) is 25.1 Å². The van der Waals surface area contributed by atoms with Gasteiger partial charge in [-0.2, -0.15) is 5.26 Å². The van der Waals surface area contributed by atoms with Crippen molar-refractivity contribution in [1.82, 2.24) is 4.90 Å². The molecule has 2 saturated heterocycles. The minimum atomic E-state index is -1.48. The molecule has 44 heavy (non-hydrogen) atoms. The van der Waals surface area contributed by atoms with Gasteiger partial charge in [-0.25, -0.2) is 0 Å². The zero-order chi connectivity index (χ0) is 31.3. The molecule has 3 atom stereocenters. The fraction of sp³-hybridized carbons (Fsp3) is 0.389. The Balaban J connectivity index is 1.49. The Kier molecular flexibility index (Phi) is 7.43. The van der Waals surface area contributed by atoms with Gasteiger partial charge >= 0.3 is 11.8 Å². The summed E-state index contributed by atoms with van der Waals surface area (Å²) in [5.74, 6) is -2.80. The summed E-state index contributed by atoms with van der Waals surface area (Å²) in [5, 5.41) is 10.6. The van der Waals surface area contributed by atoms with E-state index in [1.807, 2.05) is 73.7 Å². The number of nitrogens with zero attached hydrogens (tertiary/aromatic N) is 3. The Morgan fingerprint density at radius 3 is 2.00 bits per heavy atom. The van der Waals surface area contributed by atoms with Gasteiger partial charge in [0.05, 0.1) is 37.4 Å². The van der Waals surface area contributed by atoms with E-state index in [0.29, 0.717) is 24.5 Å². The molecular formula is C36H37N3O5. The molecule has 3 aromatic rings. The van der Waals surface area contributed by atoms with Crippen LogP contribution in [0, 0.1) is 22.2 Å². The van der Waals surface area contributed by atoms with Gasteiger partial charge in [-0.3, -0.25) is 19.3 Å². The number of benzene rings is 3. The van der Waals surface area contributed by atoms with Crippen LogP contribution in [0.4, 0.5) is 5.69 Å². The Morgan fingerprint density at radius 1 is 0.864 bits per heavy atom. The van der Waals surface area contributed by atoms with Crippen LogP contribution in [0.1, 0.15) is 63.3 Å². The number of nitriles is 1. The number of Topliss-reactive ketones (excluding diaryl/α,β-unsaturated/α-hetero) is 1. The minimum Gasteiger partial charge on any atom is -0.345 e. The Hall–Kier alpha value is -4.32. The minimum absolute atomic E-state index is 0.0411. The first-order valence-electron chi connectivity index (χ1n) is 15.1. The summed E-state index contributed by atoms with van der Waals surface area (Å²) in [7, 11) is 0. The van der Waals surface area contributed by atoms with E-state index >= 15 is 0 Å². The normalized spacial score (nSPS) is 26.0. The maximum absolute atomic E-state index is 14.5. The third-order valence-electron chi connectivity index (χ3n) is 9.42. The third kappa shape index (κ3) is 4.72. The predicted octanol–water partition coefficient (Wildman–Crippen LogP) is 5.53. The summed E-state index contributed by atoms with van der Waals surface area (Å²) in [5.41, 5.74) is 1.12. The summed E-state index contributed by atoms with van der Waals surface area (Å²) in [6, 6.07) is 26.2. The van der Waals surface area contributed by atoms with Crippen LogP contribution in [-0.2, 0) is 29.6 Å². The second-order valence-electron chi connectivity index (χ2n) is 12.9. The van der Waals surface area contributed by atoms with Crippen LogP contribution in [0.3, 0.4) is 0 Å². The van der Waals surface area contributed by atoms with Crippen molar-refractivity contribution in [1.29, 1.82) is 5.26 Å². The summed E-state index contributed by atoms with van der Waals surface area (Å²) >= 11 is 0. The third-order valence-corrected chi connectivity index (χ3v) is 9.42. The molecule has 3 fully saturated rings. The van der Waals surface area contributed by atoms with Gasteiger partial charge in [0.25, 0.3) is 0 Å². The first-order chi connectivity index (χ1) is 21.0. The summed E-state index contributed by atoms with van der Waals surface area (Å²) in [4.78, 5) is 45.5. The molecule has 3 aliphatic rings. The Morgan fingerprint density at radius 2 is 1.45 bits per heavy atom. The average Bonchev–Trinajstić information content (AvgIpc) is 3.33. The van der Waals surface area contributed by atoms with Gasteiger partial charge in [-0.15, -0.1) is 0 Å². The van der Waals surface area contributed by atoms with E-state index in [4.69, 9.17) is 9.47 Å². The number of carbonyl (C=O) groups is 3. The van der Waals surface area contributed by atoms with Crippen LogP contribution in [0.2, 0.25) is 0 Å². The van der Waals surface area contributed by atoms with E-state index in [-0.39, 0.29) is 24.0 Å². The van der Waals surface area contributed by atoms with Gasteiger partial charge in [0.15, 0.2) is 11.6 Å². The van der Waals surface area contributed by atoms with Gasteiger partial charge < -0.3 is 14.4 Å². The maximum atomic E-state index is 14.5. The highest BCUT2D eigenvalue weighted by Crippen LogP contribution is 2.50. The standard InChI is InChI=1S/C36H37N3O5/c1-5-36(21-37)29(40)20-28-31(36)39(30(24-13-8-6-9-14-24)25-15-10-7-11-16-25)33(42)32(41)38(28)27-18-12-17-26(19-27)35(4)43-22-34(2,3)23-44-35/h6-19,28,30-31H,5,20,22-23H2,1-4H3/t28-,31+,36-/m0/s1. The van der Waals surface area contributed by atoms with Crippen molar-refractivity contribution in [3.8, 4) is 6.07 Å². The van der Waals surface area contributed by atoms with Crippen molar-refractivity contribution >= 4 is 23.3 Å². The van der Waals surface area contributed by atoms with Crippen molar-refractivity contribution < 1.29 is 23.9 Å². The van der Waals surface area contributed by atoms with E-state index in [1.165, 1.54) is 9.80 Å². The van der Waals surface area contributed by atoms with Crippen LogP contribution in [0.5, 0.6) is 0 Å². The molecule has 2 amide bonds. The molecule has 0 spiro atoms. The van der Waals surface area contributed by atoms with E-state index in [2.05, 4.69) is 19.9 Å². The highest BCUT2D eigenvalue weighted by molar-refractivity contribution is 6.41. The lowest BCUT2D eigenvalue weighted by molar-refractivity contribution is -0.298. The SMILES string of the molecule is CC[C@]1(C#N)C(=O)C[C@H]2[C@H]1N(C(c1ccccc1)c1ccccc1)C(=O)C(=O)N2c1cccc(C2(C)OCC(C)(C)CO2)c1. The number of fused-ring (bicyclic) bond motifs is 1. The number of amides is 2. The summed E-state index contributed by atoms with van der Waals surface area (Å²) in [6.45, 7) is 8.76. The number of rotatable bonds is 6. The van der Waals surface area contributed by atoms with Crippen molar-refractivity contribution in [3.05, 3.63) is 102 Å². The van der Waals surface area contributed by atoms with Crippen molar-refractivity contribution in [3.63, 3.8) is 0 Å². The first-order valence-corrected chi connectivity index (χ1v) is 15.1. The van der Waals surface area contributed by atoms with Gasteiger partial charge in [0.1, 0.15) is 5.41 Å².